The average Bonchev–Trinajstić information content (AvgIpc) is 2.30. The highest BCUT2D eigenvalue weighted by Gasteiger charge is 1.98. The fourth-order valence-corrected chi connectivity index (χ4v) is 1.87. The van der Waals surface area contributed by atoms with Crippen molar-refractivity contribution >= 4 is 23.4 Å². The van der Waals surface area contributed by atoms with Gasteiger partial charge in [-0.1, -0.05) is 23.7 Å². The molecule has 0 atom stereocenters. The van der Waals surface area contributed by atoms with Gasteiger partial charge in [-0.15, -0.1) is 0 Å². The zero-order valence-corrected chi connectivity index (χ0v) is 10.6. The smallest absolute Gasteiger partial charge is 0.137 e. The molecule has 0 aromatic heterocycles. The lowest BCUT2D eigenvalue weighted by Crippen LogP contribution is -1.97. The highest BCUT2D eigenvalue weighted by molar-refractivity contribution is 8.03. The van der Waals surface area contributed by atoms with Crippen molar-refractivity contribution in [2.45, 2.75) is 19.3 Å². The Morgan fingerprint density at radius 1 is 1.25 bits per heavy atom. The standard InChI is InChI=1S/C12H14ClNOS/c13-11-6-2-3-7-12(11)15-8-4-1-5-9-16-10-14/h2-3,6-7H,1,4-5,8-9H2. The summed E-state index contributed by atoms with van der Waals surface area (Å²) in [5.74, 6) is 1.65. The number of benzene rings is 1. The zero-order valence-electron chi connectivity index (χ0n) is 8.99. The molecule has 0 aliphatic heterocycles. The molecule has 4 heteroatoms. The van der Waals surface area contributed by atoms with Crippen LogP contribution < -0.4 is 4.74 Å². The van der Waals surface area contributed by atoms with Crippen LogP contribution in [-0.2, 0) is 0 Å². The molecule has 0 fully saturated rings. The van der Waals surface area contributed by atoms with Crippen LogP contribution in [0.15, 0.2) is 24.3 Å². The molecule has 0 N–H and O–H groups in total. The molecule has 0 aliphatic carbocycles. The van der Waals surface area contributed by atoms with E-state index in [0.29, 0.717) is 11.6 Å². The molecule has 16 heavy (non-hydrogen) atoms. The lowest BCUT2D eigenvalue weighted by molar-refractivity contribution is 0.306. The SMILES string of the molecule is N#CSCCCCCOc1ccccc1Cl. The topological polar surface area (TPSA) is 33.0 Å². The summed E-state index contributed by atoms with van der Waals surface area (Å²) in [4.78, 5) is 0. The van der Waals surface area contributed by atoms with E-state index in [1.54, 1.807) is 0 Å². The van der Waals surface area contributed by atoms with Crippen LogP contribution in [-0.4, -0.2) is 12.4 Å². The number of nitrogens with zero attached hydrogens (tertiary/aromatic N) is 1. The van der Waals surface area contributed by atoms with Crippen LogP contribution in [0.1, 0.15) is 19.3 Å². The molecule has 0 aliphatic rings. The van der Waals surface area contributed by atoms with Crippen molar-refractivity contribution in [1.82, 2.24) is 0 Å². The largest absolute Gasteiger partial charge is 0.492 e. The van der Waals surface area contributed by atoms with Crippen molar-refractivity contribution in [2.75, 3.05) is 12.4 Å². The van der Waals surface area contributed by atoms with E-state index in [0.717, 1.165) is 30.8 Å². The summed E-state index contributed by atoms with van der Waals surface area (Å²) in [5.41, 5.74) is 0. The Kier molecular flexibility index (Phi) is 6.87. The fraction of sp³-hybridized carbons (Fsp3) is 0.417. The molecular weight excluding hydrogens is 242 g/mol. The van der Waals surface area contributed by atoms with Crippen LogP contribution in [0.25, 0.3) is 0 Å². The number of rotatable bonds is 7. The summed E-state index contributed by atoms with van der Waals surface area (Å²) >= 11 is 7.25. The van der Waals surface area contributed by atoms with Gasteiger partial charge in [0.25, 0.3) is 0 Å². The van der Waals surface area contributed by atoms with E-state index in [-0.39, 0.29) is 0 Å². The lowest BCUT2D eigenvalue weighted by Gasteiger charge is -2.06. The quantitative estimate of drug-likeness (QED) is 0.543. The molecule has 0 radical (unpaired) electrons. The molecule has 0 amide bonds. The van der Waals surface area contributed by atoms with Crippen molar-refractivity contribution < 1.29 is 4.74 Å². The Morgan fingerprint density at radius 2 is 2.06 bits per heavy atom. The highest BCUT2D eigenvalue weighted by Crippen LogP contribution is 2.23. The third kappa shape index (κ3) is 5.29. The molecule has 1 rings (SSSR count). The van der Waals surface area contributed by atoms with E-state index in [4.69, 9.17) is 21.6 Å². The predicted molar refractivity (Wildman–Crippen MR) is 68.9 cm³/mol. The van der Waals surface area contributed by atoms with Crippen LogP contribution in [0.3, 0.4) is 0 Å². The summed E-state index contributed by atoms with van der Waals surface area (Å²) < 4.78 is 5.54. The third-order valence-corrected chi connectivity index (χ3v) is 2.98. The summed E-state index contributed by atoms with van der Waals surface area (Å²) in [5, 5.41) is 11.0. The van der Waals surface area contributed by atoms with Gasteiger partial charge in [-0.3, -0.25) is 0 Å². The average molecular weight is 256 g/mol. The van der Waals surface area contributed by atoms with E-state index < -0.39 is 0 Å². The summed E-state index contributed by atoms with van der Waals surface area (Å²) in [6, 6.07) is 7.48. The number of halogens is 1. The minimum atomic E-state index is 0.655. The maximum atomic E-state index is 8.32. The van der Waals surface area contributed by atoms with Crippen LogP contribution in [0, 0.1) is 10.7 Å². The first-order chi connectivity index (χ1) is 7.84. The second kappa shape index (κ2) is 8.32. The van der Waals surface area contributed by atoms with Gasteiger partial charge in [-0.05, 0) is 43.2 Å². The first-order valence-corrected chi connectivity index (χ1v) is 6.59. The minimum Gasteiger partial charge on any atom is -0.492 e. The number of hydrogen-bond donors (Lipinski definition) is 0. The normalized spacial score (nSPS) is 9.75. The van der Waals surface area contributed by atoms with E-state index in [1.807, 2.05) is 24.3 Å². The molecule has 1 aromatic rings. The summed E-state index contributed by atoms with van der Waals surface area (Å²) in [6.07, 6.45) is 3.14. The summed E-state index contributed by atoms with van der Waals surface area (Å²) in [7, 11) is 0. The molecule has 0 spiro atoms. The second-order valence-corrected chi connectivity index (χ2v) is 4.57. The monoisotopic (exact) mass is 255 g/mol. The molecule has 2 nitrogen and oxygen atoms in total. The zero-order chi connectivity index (χ0) is 11.6. The van der Waals surface area contributed by atoms with Crippen molar-refractivity contribution in [1.29, 1.82) is 5.26 Å². The molecule has 1 aromatic carbocycles. The maximum Gasteiger partial charge on any atom is 0.137 e. The third-order valence-electron chi connectivity index (χ3n) is 2.05. The van der Waals surface area contributed by atoms with Crippen molar-refractivity contribution in [3.05, 3.63) is 29.3 Å². The van der Waals surface area contributed by atoms with Crippen LogP contribution in [0.5, 0.6) is 5.75 Å². The van der Waals surface area contributed by atoms with Crippen molar-refractivity contribution in [3.8, 4) is 11.2 Å². The second-order valence-electron chi connectivity index (χ2n) is 3.28. The number of nitriles is 1. The lowest BCUT2D eigenvalue weighted by atomic mass is 10.3. The van der Waals surface area contributed by atoms with E-state index >= 15 is 0 Å². The Balaban J connectivity index is 2.08. The Labute approximate surface area is 106 Å². The van der Waals surface area contributed by atoms with Gasteiger partial charge in [0.1, 0.15) is 11.2 Å². The van der Waals surface area contributed by atoms with Gasteiger partial charge in [0.2, 0.25) is 0 Å². The number of hydrogen-bond acceptors (Lipinski definition) is 3. The van der Waals surface area contributed by atoms with Gasteiger partial charge in [0, 0.05) is 5.75 Å². The van der Waals surface area contributed by atoms with Gasteiger partial charge in [-0.25, -0.2) is 0 Å². The fourth-order valence-electron chi connectivity index (χ4n) is 1.24. The molecular formula is C12H14ClNOS. The summed E-state index contributed by atoms with van der Waals surface area (Å²) in [6.45, 7) is 0.682. The van der Waals surface area contributed by atoms with Gasteiger partial charge in [0.05, 0.1) is 11.6 Å². The van der Waals surface area contributed by atoms with E-state index in [9.17, 15) is 0 Å². The Morgan fingerprint density at radius 3 is 2.81 bits per heavy atom. The minimum absolute atomic E-state index is 0.655. The van der Waals surface area contributed by atoms with Gasteiger partial charge >= 0.3 is 0 Å². The molecule has 0 heterocycles. The van der Waals surface area contributed by atoms with Crippen LogP contribution in [0.4, 0.5) is 0 Å². The number of ether oxygens (including phenoxy) is 1. The van der Waals surface area contributed by atoms with Gasteiger partial charge < -0.3 is 4.74 Å². The van der Waals surface area contributed by atoms with E-state index in [2.05, 4.69) is 5.40 Å². The van der Waals surface area contributed by atoms with Crippen molar-refractivity contribution in [2.24, 2.45) is 0 Å². The number of thiocyanates is 1. The predicted octanol–water partition coefficient (Wildman–Crippen LogP) is 4.10. The van der Waals surface area contributed by atoms with Gasteiger partial charge in [-0.2, -0.15) is 5.26 Å². The number of para-hydroxylation sites is 1. The van der Waals surface area contributed by atoms with Crippen molar-refractivity contribution in [3.63, 3.8) is 0 Å². The highest BCUT2D eigenvalue weighted by atomic mass is 35.5. The number of thioether (sulfide) groups is 1. The Hall–Kier alpha value is -0.850. The molecule has 0 unspecified atom stereocenters. The van der Waals surface area contributed by atoms with Crippen LogP contribution in [0.2, 0.25) is 5.02 Å². The van der Waals surface area contributed by atoms with Gasteiger partial charge in [0.15, 0.2) is 0 Å². The number of unbranched alkanes of at least 4 members (excludes halogenated alkanes) is 2. The maximum absolute atomic E-state index is 8.32. The first-order valence-electron chi connectivity index (χ1n) is 5.23. The first kappa shape index (κ1) is 13.2. The molecule has 0 saturated carbocycles. The molecule has 0 saturated heterocycles. The molecule has 86 valence electrons. The van der Waals surface area contributed by atoms with E-state index in [1.165, 1.54) is 11.8 Å². The molecule has 0 bridgehead atoms. The Bertz CT molecular complexity index is 351. The van der Waals surface area contributed by atoms with Crippen LogP contribution >= 0.6 is 23.4 Å².